The number of aliphatic hydroxyl groups is 1. The second-order valence-electron chi connectivity index (χ2n) is 4.58. The number of hydrogen-bond donors (Lipinski definition) is 2. The Labute approximate surface area is 113 Å². The van der Waals surface area contributed by atoms with Crippen molar-refractivity contribution in [2.45, 2.75) is 43.6 Å². The molecule has 0 radical (unpaired) electrons. The highest BCUT2D eigenvalue weighted by atomic mass is 79.9. The topological polar surface area (TPSA) is 57.5 Å². The fourth-order valence-corrected chi connectivity index (χ4v) is 4.18. The van der Waals surface area contributed by atoms with Gasteiger partial charge in [-0.25, -0.2) is 0 Å². The van der Waals surface area contributed by atoms with Crippen LogP contribution >= 0.6 is 27.3 Å². The molecule has 0 spiro atoms. The largest absolute Gasteiger partial charge is 0.481 e. The van der Waals surface area contributed by atoms with E-state index in [1.165, 1.54) is 11.3 Å². The molecule has 0 aromatic carbocycles. The van der Waals surface area contributed by atoms with Gasteiger partial charge in [-0.15, -0.1) is 11.3 Å². The van der Waals surface area contributed by atoms with Crippen molar-refractivity contribution >= 4 is 33.2 Å². The van der Waals surface area contributed by atoms with E-state index in [2.05, 4.69) is 15.9 Å². The van der Waals surface area contributed by atoms with Crippen molar-refractivity contribution in [2.75, 3.05) is 0 Å². The van der Waals surface area contributed by atoms with Crippen LogP contribution in [-0.2, 0) is 4.79 Å². The molecule has 0 amide bonds. The minimum Gasteiger partial charge on any atom is -0.481 e. The van der Waals surface area contributed by atoms with E-state index in [9.17, 15) is 15.0 Å². The van der Waals surface area contributed by atoms with E-state index >= 15 is 0 Å². The van der Waals surface area contributed by atoms with E-state index in [1.807, 2.05) is 6.07 Å². The van der Waals surface area contributed by atoms with Crippen LogP contribution in [0.3, 0.4) is 0 Å². The molecule has 1 aromatic rings. The molecule has 1 aliphatic rings. The van der Waals surface area contributed by atoms with Gasteiger partial charge >= 0.3 is 5.97 Å². The molecule has 1 heterocycles. The van der Waals surface area contributed by atoms with Crippen molar-refractivity contribution < 1.29 is 15.0 Å². The standard InChI is InChI=1S/C12H15BrO3S/c13-9-5-4-8(17-9)10(11(14)15)12(16)6-2-1-3-7-12/h4-5,10,16H,1-3,6-7H2,(H,14,15). The van der Waals surface area contributed by atoms with Gasteiger partial charge in [-0.1, -0.05) is 19.3 Å². The maximum atomic E-state index is 11.4. The average molecular weight is 319 g/mol. The zero-order valence-electron chi connectivity index (χ0n) is 9.36. The van der Waals surface area contributed by atoms with Crippen LogP contribution in [0.2, 0.25) is 0 Å². The molecule has 2 rings (SSSR count). The van der Waals surface area contributed by atoms with Crippen molar-refractivity contribution in [3.05, 3.63) is 20.8 Å². The van der Waals surface area contributed by atoms with Gasteiger partial charge in [0.1, 0.15) is 5.92 Å². The predicted molar refractivity (Wildman–Crippen MR) is 70.4 cm³/mol. The minimum absolute atomic E-state index is 0.583. The summed E-state index contributed by atoms with van der Waals surface area (Å²) in [6.07, 6.45) is 4.07. The Morgan fingerprint density at radius 1 is 1.35 bits per heavy atom. The van der Waals surface area contributed by atoms with Crippen molar-refractivity contribution in [3.63, 3.8) is 0 Å². The number of carbonyl (C=O) groups is 1. The molecule has 5 heteroatoms. The fraction of sp³-hybridized carbons (Fsp3) is 0.583. The maximum Gasteiger partial charge on any atom is 0.314 e. The number of aliphatic carboxylic acids is 1. The fourth-order valence-electron chi connectivity index (χ4n) is 2.55. The van der Waals surface area contributed by atoms with Crippen LogP contribution in [-0.4, -0.2) is 21.8 Å². The Kier molecular flexibility index (Phi) is 3.90. The summed E-state index contributed by atoms with van der Waals surface area (Å²) in [7, 11) is 0. The molecule has 1 aliphatic carbocycles. The van der Waals surface area contributed by atoms with Gasteiger partial charge in [0.25, 0.3) is 0 Å². The average Bonchev–Trinajstić information content (AvgIpc) is 2.64. The van der Waals surface area contributed by atoms with Crippen LogP contribution < -0.4 is 0 Å². The molecular weight excluding hydrogens is 304 g/mol. The summed E-state index contributed by atoms with van der Waals surface area (Å²) in [6.45, 7) is 0. The normalized spacial score (nSPS) is 21.1. The van der Waals surface area contributed by atoms with Crippen molar-refractivity contribution in [2.24, 2.45) is 0 Å². The van der Waals surface area contributed by atoms with Crippen molar-refractivity contribution in [3.8, 4) is 0 Å². The lowest BCUT2D eigenvalue weighted by Crippen LogP contribution is -2.41. The molecule has 1 aromatic heterocycles. The molecule has 1 fully saturated rings. The van der Waals surface area contributed by atoms with Gasteiger partial charge < -0.3 is 10.2 Å². The quantitative estimate of drug-likeness (QED) is 0.898. The van der Waals surface area contributed by atoms with E-state index in [1.54, 1.807) is 6.07 Å². The maximum absolute atomic E-state index is 11.4. The lowest BCUT2D eigenvalue weighted by Gasteiger charge is -2.36. The smallest absolute Gasteiger partial charge is 0.314 e. The summed E-state index contributed by atoms with van der Waals surface area (Å²) in [6, 6.07) is 3.63. The van der Waals surface area contributed by atoms with Gasteiger partial charge in [-0.3, -0.25) is 4.79 Å². The SMILES string of the molecule is O=C(O)C(c1ccc(Br)s1)C1(O)CCCCC1. The van der Waals surface area contributed by atoms with Gasteiger partial charge in [0, 0.05) is 4.88 Å². The number of rotatable bonds is 3. The number of carboxylic acid groups (broad SMARTS) is 1. The summed E-state index contributed by atoms with van der Waals surface area (Å²) in [5, 5.41) is 20.0. The third kappa shape index (κ3) is 2.72. The van der Waals surface area contributed by atoms with Gasteiger partial charge in [0.15, 0.2) is 0 Å². The first kappa shape index (κ1) is 13.1. The van der Waals surface area contributed by atoms with E-state index in [0.29, 0.717) is 12.8 Å². The van der Waals surface area contributed by atoms with E-state index in [0.717, 1.165) is 27.9 Å². The van der Waals surface area contributed by atoms with Crippen molar-refractivity contribution in [1.29, 1.82) is 0 Å². The summed E-state index contributed by atoms with van der Waals surface area (Å²) in [5.74, 6) is -1.72. The number of thiophene rings is 1. The summed E-state index contributed by atoms with van der Waals surface area (Å²) < 4.78 is 0.901. The van der Waals surface area contributed by atoms with Crippen LogP contribution in [0.15, 0.2) is 15.9 Å². The minimum atomic E-state index is -1.08. The van der Waals surface area contributed by atoms with E-state index < -0.39 is 17.5 Å². The van der Waals surface area contributed by atoms with Crippen LogP contribution in [0, 0.1) is 0 Å². The molecule has 1 atom stereocenters. The number of halogens is 1. The zero-order valence-corrected chi connectivity index (χ0v) is 11.8. The highest BCUT2D eigenvalue weighted by Crippen LogP contribution is 2.42. The molecule has 1 unspecified atom stereocenters. The van der Waals surface area contributed by atoms with E-state index in [-0.39, 0.29) is 0 Å². The van der Waals surface area contributed by atoms with Gasteiger partial charge in [0.2, 0.25) is 0 Å². The number of hydrogen-bond acceptors (Lipinski definition) is 3. The second-order valence-corrected chi connectivity index (χ2v) is 7.07. The predicted octanol–water partition coefficient (Wildman–Crippen LogP) is 3.37. The lowest BCUT2D eigenvalue weighted by atomic mass is 9.75. The first-order valence-corrected chi connectivity index (χ1v) is 7.34. The molecule has 2 N–H and O–H groups in total. The monoisotopic (exact) mass is 318 g/mol. The Morgan fingerprint density at radius 3 is 2.47 bits per heavy atom. The second kappa shape index (κ2) is 5.08. The summed E-state index contributed by atoms with van der Waals surface area (Å²) in [5.41, 5.74) is -1.08. The molecule has 0 bridgehead atoms. The lowest BCUT2D eigenvalue weighted by molar-refractivity contribution is -0.147. The zero-order chi connectivity index (χ0) is 12.5. The third-order valence-electron chi connectivity index (χ3n) is 3.38. The first-order valence-electron chi connectivity index (χ1n) is 5.73. The van der Waals surface area contributed by atoms with Gasteiger partial charge in [-0.2, -0.15) is 0 Å². The number of carboxylic acids is 1. The molecule has 3 nitrogen and oxygen atoms in total. The first-order chi connectivity index (χ1) is 8.03. The van der Waals surface area contributed by atoms with Gasteiger partial charge in [-0.05, 0) is 40.9 Å². The Morgan fingerprint density at radius 2 is 2.00 bits per heavy atom. The summed E-state index contributed by atoms with van der Waals surface area (Å²) >= 11 is 4.73. The highest BCUT2D eigenvalue weighted by molar-refractivity contribution is 9.11. The van der Waals surface area contributed by atoms with Crippen LogP contribution in [0.4, 0.5) is 0 Å². The molecule has 0 saturated heterocycles. The molecule has 94 valence electrons. The summed E-state index contributed by atoms with van der Waals surface area (Å²) in [4.78, 5) is 12.2. The molecule has 17 heavy (non-hydrogen) atoms. The highest BCUT2D eigenvalue weighted by Gasteiger charge is 2.43. The van der Waals surface area contributed by atoms with Crippen molar-refractivity contribution in [1.82, 2.24) is 0 Å². The van der Waals surface area contributed by atoms with Crippen LogP contribution in [0.1, 0.15) is 42.9 Å². The van der Waals surface area contributed by atoms with Crippen LogP contribution in [0.5, 0.6) is 0 Å². The Hall–Kier alpha value is -0.390. The third-order valence-corrected chi connectivity index (χ3v) is 5.07. The molecule has 0 aliphatic heterocycles. The van der Waals surface area contributed by atoms with E-state index in [4.69, 9.17) is 0 Å². The van der Waals surface area contributed by atoms with Gasteiger partial charge in [0.05, 0.1) is 9.39 Å². The Balaban J connectivity index is 2.31. The van der Waals surface area contributed by atoms with Crippen LogP contribution in [0.25, 0.3) is 0 Å². The molecular formula is C12H15BrO3S. The Bertz CT molecular complexity index is 410. The molecule has 1 saturated carbocycles.